The lowest BCUT2D eigenvalue weighted by molar-refractivity contribution is 0.219. The predicted octanol–water partition coefficient (Wildman–Crippen LogP) is 5.20. The molecule has 0 spiro atoms. The Morgan fingerprint density at radius 3 is 2.47 bits per heavy atom. The summed E-state index contributed by atoms with van der Waals surface area (Å²) in [7, 11) is -4.10. The fourth-order valence-corrected chi connectivity index (χ4v) is 5.13. The van der Waals surface area contributed by atoms with Crippen LogP contribution in [0.4, 0.5) is 14.9 Å². The molecule has 2 fully saturated rings. The highest BCUT2D eigenvalue weighted by Crippen LogP contribution is 2.31. The number of nitrogens with zero attached hydrogens (tertiary/aromatic N) is 2. The maximum Gasteiger partial charge on any atom is 0.339 e. The lowest BCUT2D eigenvalue weighted by atomic mass is 9.82. The zero-order chi connectivity index (χ0) is 22.6. The number of amides is 2. The first-order valence-electron chi connectivity index (χ1n) is 11.3. The molecule has 0 unspecified atom stereocenters. The Morgan fingerprint density at radius 1 is 1.00 bits per heavy atom. The Bertz CT molecular complexity index is 1040. The first-order valence-corrected chi connectivity index (χ1v) is 12.7. The zero-order valence-corrected chi connectivity index (χ0v) is 18.9. The van der Waals surface area contributed by atoms with Crippen LogP contribution in [-0.2, 0) is 10.1 Å². The van der Waals surface area contributed by atoms with Gasteiger partial charge in [0, 0.05) is 31.4 Å². The van der Waals surface area contributed by atoms with Gasteiger partial charge in [0.2, 0.25) is 0 Å². The van der Waals surface area contributed by atoms with E-state index >= 15 is 0 Å². The molecule has 4 rings (SSSR count). The number of hydrogen-bond acceptors (Lipinski definition) is 4. The number of unbranched alkanes of at least 4 members (excludes halogenated alkanes) is 2. The van der Waals surface area contributed by atoms with Crippen LogP contribution in [0.3, 0.4) is 0 Å². The van der Waals surface area contributed by atoms with Crippen molar-refractivity contribution in [3.8, 4) is 5.75 Å². The van der Waals surface area contributed by atoms with Gasteiger partial charge in [-0.15, -0.1) is 0 Å². The topological polar surface area (TPSA) is 66.9 Å². The highest BCUT2D eigenvalue weighted by Gasteiger charge is 2.29. The van der Waals surface area contributed by atoms with Crippen molar-refractivity contribution in [2.45, 2.75) is 49.8 Å². The number of hydrogen-bond donors (Lipinski definition) is 0. The second kappa shape index (κ2) is 9.90. The molecule has 2 amide bonds. The Balaban J connectivity index is 1.30. The number of rotatable bonds is 10. The summed E-state index contributed by atoms with van der Waals surface area (Å²) in [5.41, 5.74) is 0.646. The first kappa shape index (κ1) is 22.6. The molecule has 2 aliphatic rings. The summed E-state index contributed by atoms with van der Waals surface area (Å²) >= 11 is 0. The van der Waals surface area contributed by atoms with Crippen LogP contribution in [0.25, 0.3) is 0 Å². The van der Waals surface area contributed by atoms with Gasteiger partial charge in [0.1, 0.15) is 16.5 Å². The average molecular weight is 461 g/mol. The Kier molecular flexibility index (Phi) is 6.98. The minimum atomic E-state index is -4.10. The van der Waals surface area contributed by atoms with Crippen molar-refractivity contribution in [3.63, 3.8) is 0 Å². The molecule has 1 aliphatic heterocycles. The molecule has 0 radical (unpaired) electrons. The third-order valence-electron chi connectivity index (χ3n) is 6.30. The molecule has 32 heavy (non-hydrogen) atoms. The normalized spacial score (nSPS) is 17.0. The summed E-state index contributed by atoms with van der Waals surface area (Å²) in [5.74, 6) is 0.264. The van der Waals surface area contributed by atoms with Crippen molar-refractivity contribution < 1.29 is 21.8 Å². The smallest absolute Gasteiger partial charge is 0.339 e. The number of carbonyl (C=O) groups is 1. The van der Waals surface area contributed by atoms with E-state index in [0.717, 1.165) is 31.4 Å². The van der Waals surface area contributed by atoms with Crippen LogP contribution < -0.4 is 9.08 Å². The second-order valence-electron chi connectivity index (χ2n) is 8.56. The van der Waals surface area contributed by atoms with Crippen molar-refractivity contribution >= 4 is 21.8 Å². The maximum atomic E-state index is 13.3. The molecule has 8 heteroatoms. The summed E-state index contributed by atoms with van der Waals surface area (Å²) in [5, 5.41) is 0. The standard InChI is InChI=1S/C24H29FN2O4S/c25-20-9-5-10-22(18-20)31-32(29,30)23-13-11-21(12-14-23)27-17-16-26(24(27)28)15-3-1-2-6-19-7-4-8-19/h5,9-14,18-19H,1-4,6-8,15-17H2. The van der Waals surface area contributed by atoms with E-state index in [9.17, 15) is 17.6 Å². The van der Waals surface area contributed by atoms with Gasteiger partial charge < -0.3 is 9.08 Å². The van der Waals surface area contributed by atoms with Crippen molar-refractivity contribution in [2.75, 3.05) is 24.5 Å². The van der Waals surface area contributed by atoms with Gasteiger partial charge >= 0.3 is 16.1 Å². The number of carbonyl (C=O) groups excluding carboxylic acids is 1. The van der Waals surface area contributed by atoms with E-state index in [-0.39, 0.29) is 16.7 Å². The largest absolute Gasteiger partial charge is 0.379 e. The van der Waals surface area contributed by atoms with Gasteiger partial charge in [0.05, 0.1) is 0 Å². The van der Waals surface area contributed by atoms with Gasteiger partial charge in [-0.2, -0.15) is 8.42 Å². The number of urea groups is 1. The second-order valence-corrected chi connectivity index (χ2v) is 10.1. The minimum absolute atomic E-state index is 0.0457. The fourth-order valence-electron chi connectivity index (χ4n) is 4.21. The third kappa shape index (κ3) is 5.41. The molecule has 0 atom stereocenters. The van der Waals surface area contributed by atoms with Crippen LogP contribution in [0.15, 0.2) is 53.4 Å². The van der Waals surface area contributed by atoms with Crippen LogP contribution >= 0.6 is 0 Å². The number of benzene rings is 2. The molecule has 0 N–H and O–H groups in total. The average Bonchev–Trinajstić information content (AvgIpc) is 3.09. The number of anilines is 1. The van der Waals surface area contributed by atoms with E-state index in [1.807, 2.05) is 4.90 Å². The molecule has 1 heterocycles. The van der Waals surface area contributed by atoms with Crippen LogP contribution in [0, 0.1) is 11.7 Å². The first-order chi connectivity index (χ1) is 15.4. The van der Waals surface area contributed by atoms with Crippen molar-refractivity contribution in [1.82, 2.24) is 4.90 Å². The quantitative estimate of drug-likeness (QED) is 0.361. The van der Waals surface area contributed by atoms with Crippen molar-refractivity contribution in [1.29, 1.82) is 0 Å². The molecular weight excluding hydrogens is 431 g/mol. The van der Waals surface area contributed by atoms with Gasteiger partial charge in [-0.1, -0.05) is 44.6 Å². The van der Waals surface area contributed by atoms with Gasteiger partial charge in [-0.25, -0.2) is 9.18 Å². The zero-order valence-electron chi connectivity index (χ0n) is 18.1. The minimum Gasteiger partial charge on any atom is -0.379 e. The third-order valence-corrected chi connectivity index (χ3v) is 7.56. The van der Waals surface area contributed by atoms with Crippen LogP contribution in [0.2, 0.25) is 0 Å². The molecule has 1 saturated carbocycles. The lowest BCUT2D eigenvalue weighted by Gasteiger charge is -2.25. The summed E-state index contributed by atoms with van der Waals surface area (Å²) in [6, 6.07) is 10.9. The van der Waals surface area contributed by atoms with Crippen molar-refractivity contribution in [2.24, 2.45) is 5.92 Å². The highest BCUT2D eigenvalue weighted by molar-refractivity contribution is 7.87. The summed E-state index contributed by atoms with van der Waals surface area (Å²) < 4.78 is 43.2. The molecule has 172 valence electrons. The van der Waals surface area contributed by atoms with Gasteiger partial charge in [0.25, 0.3) is 0 Å². The molecule has 0 bridgehead atoms. The molecular formula is C24H29FN2O4S. The van der Waals surface area contributed by atoms with E-state index in [0.29, 0.717) is 18.8 Å². The van der Waals surface area contributed by atoms with Crippen LogP contribution in [0.5, 0.6) is 5.75 Å². The maximum absolute atomic E-state index is 13.3. The SMILES string of the molecule is O=C1N(CCCCCC2CCC2)CCN1c1ccc(S(=O)(=O)Oc2cccc(F)c2)cc1. The Hall–Kier alpha value is -2.61. The fraction of sp³-hybridized carbons (Fsp3) is 0.458. The van der Waals surface area contributed by atoms with Gasteiger partial charge in [-0.05, 0) is 48.7 Å². The molecule has 0 aromatic heterocycles. The van der Waals surface area contributed by atoms with E-state index in [1.54, 1.807) is 17.0 Å². The molecule has 2 aromatic rings. The van der Waals surface area contributed by atoms with Gasteiger partial charge in [0.15, 0.2) is 0 Å². The monoisotopic (exact) mass is 460 g/mol. The summed E-state index contributed by atoms with van der Waals surface area (Å²) in [4.78, 5) is 16.2. The molecule has 1 aliphatic carbocycles. The van der Waals surface area contributed by atoms with E-state index < -0.39 is 15.9 Å². The molecule has 1 saturated heterocycles. The number of halogens is 1. The predicted molar refractivity (Wildman–Crippen MR) is 121 cm³/mol. The van der Waals surface area contributed by atoms with Crippen LogP contribution in [0.1, 0.15) is 44.9 Å². The van der Waals surface area contributed by atoms with E-state index in [1.165, 1.54) is 62.4 Å². The summed E-state index contributed by atoms with van der Waals surface area (Å²) in [6.45, 7) is 2.00. The van der Waals surface area contributed by atoms with Gasteiger partial charge in [-0.3, -0.25) is 4.90 Å². The lowest BCUT2D eigenvalue weighted by Crippen LogP contribution is -2.32. The van der Waals surface area contributed by atoms with Crippen molar-refractivity contribution in [3.05, 3.63) is 54.3 Å². The van der Waals surface area contributed by atoms with Crippen LogP contribution in [-0.4, -0.2) is 39.0 Å². The van der Waals surface area contributed by atoms with E-state index in [4.69, 9.17) is 4.18 Å². The molecule has 2 aromatic carbocycles. The summed E-state index contributed by atoms with van der Waals surface area (Å²) in [6.07, 6.45) is 8.88. The highest BCUT2D eigenvalue weighted by atomic mass is 32.2. The Morgan fingerprint density at radius 2 is 1.78 bits per heavy atom. The Labute approximate surface area is 189 Å². The van der Waals surface area contributed by atoms with E-state index in [2.05, 4.69) is 0 Å². The molecule has 6 nitrogen and oxygen atoms in total.